The lowest BCUT2D eigenvalue weighted by molar-refractivity contribution is -0.155. The Balaban J connectivity index is 1.65. The van der Waals surface area contributed by atoms with E-state index in [0.29, 0.717) is 5.41 Å². The summed E-state index contributed by atoms with van der Waals surface area (Å²) >= 11 is 0. The molecule has 4 aliphatic carbocycles. The molecule has 114 valence electrons. The zero-order valence-electron chi connectivity index (χ0n) is 13.1. The summed E-state index contributed by atoms with van der Waals surface area (Å²) in [5.74, 6) is 2.57. The van der Waals surface area contributed by atoms with Gasteiger partial charge in [-0.3, -0.25) is 0 Å². The van der Waals surface area contributed by atoms with Crippen molar-refractivity contribution in [3.05, 3.63) is 29.8 Å². The van der Waals surface area contributed by atoms with Crippen LogP contribution in [-0.2, 0) is 0 Å². The van der Waals surface area contributed by atoms with E-state index in [0.717, 1.165) is 23.1 Å². The van der Waals surface area contributed by atoms with Crippen molar-refractivity contribution in [3.8, 4) is 5.75 Å². The average molecular weight is 286 g/mol. The molecule has 3 atom stereocenters. The number of aliphatic hydroxyl groups is 1. The molecule has 4 fully saturated rings. The third-order valence-corrected chi connectivity index (χ3v) is 6.41. The van der Waals surface area contributed by atoms with E-state index in [1.165, 1.54) is 38.5 Å². The molecule has 21 heavy (non-hydrogen) atoms. The molecule has 3 unspecified atom stereocenters. The Bertz CT molecular complexity index is 519. The second-order valence-electron chi connectivity index (χ2n) is 8.31. The first kappa shape index (κ1) is 13.6. The highest BCUT2D eigenvalue weighted by Crippen LogP contribution is 2.68. The van der Waals surface area contributed by atoms with Crippen molar-refractivity contribution in [1.82, 2.24) is 0 Å². The van der Waals surface area contributed by atoms with Gasteiger partial charge in [-0.15, -0.1) is 0 Å². The van der Waals surface area contributed by atoms with Crippen LogP contribution in [0.1, 0.15) is 57.1 Å². The van der Waals surface area contributed by atoms with E-state index in [1.54, 1.807) is 7.11 Å². The number of hydrogen-bond acceptors (Lipinski definition) is 2. The number of methoxy groups -OCH3 is 1. The van der Waals surface area contributed by atoms with Gasteiger partial charge in [-0.1, -0.05) is 19.1 Å². The summed E-state index contributed by atoms with van der Waals surface area (Å²) in [6, 6.07) is 8.04. The predicted octanol–water partition coefficient (Wildman–Crippen LogP) is 4.34. The van der Waals surface area contributed by atoms with Crippen LogP contribution in [0.3, 0.4) is 0 Å². The van der Waals surface area contributed by atoms with Crippen molar-refractivity contribution in [2.45, 2.75) is 51.6 Å². The minimum absolute atomic E-state index is 0.132. The molecule has 5 rings (SSSR count). The van der Waals surface area contributed by atoms with E-state index in [2.05, 4.69) is 6.92 Å². The molecule has 0 heterocycles. The van der Waals surface area contributed by atoms with Gasteiger partial charge in [0, 0.05) is 5.41 Å². The number of rotatable bonds is 3. The van der Waals surface area contributed by atoms with Crippen LogP contribution in [0.4, 0.5) is 0 Å². The minimum atomic E-state index is -0.311. The van der Waals surface area contributed by atoms with Crippen LogP contribution < -0.4 is 4.74 Å². The molecule has 1 N–H and O–H groups in total. The minimum Gasteiger partial charge on any atom is -0.497 e. The van der Waals surface area contributed by atoms with Gasteiger partial charge in [-0.05, 0) is 73.5 Å². The van der Waals surface area contributed by atoms with Gasteiger partial charge < -0.3 is 9.84 Å². The van der Waals surface area contributed by atoms with E-state index in [-0.39, 0.29) is 11.5 Å². The monoisotopic (exact) mass is 286 g/mol. The van der Waals surface area contributed by atoms with Crippen LogP contribution in [0, 0.1) is 22.7 Å². The van der Waals surface area contributed by atoms with Crippen LogP contribution in [0.5, 0.6) is 5.75 Å². The molecule has 0 aromatic heterocycles. The molecule has 0 amide bonds. The van der Waals surface area contributed by atoms with Crippen LogP contribution in [0.15, 0.2) is 24.3 Å². The third-order valence-electron chi connectivity index (χ3n) is 6.41. The van der Waals surface area contributed by atoms with Crippen LogP contribution in [-0.4, -0.2) is 12.2 Å². The fourth-order valence-electron chi connectivity index (χ4n) is 6.26. The van der Waals surface area contributed by atoms with Crippen molar-refractivity contribution in [2.75, 3.05) is 7.11 Å². The zero-order chi connectivity index (χ0) is 14.7. The van der Waals surface area contributed by atoms with Crippen molar-refractivity contribution >= 4 is 0 Å². The highest BCUT2D eigenvalue weighted by atomic mass is 16.5. The SMILES string of the molecule is COc1ccc(C(O)C23CC4CC(CC(C)(C4)C2)C3)cc1. The molecule has 0 aliphatic heterocycles. The Hall–Kier alpha value is -1.02. The van der Waals surface area contributed by atoms with Gasteiger partial charge in [-0.2, -0.15) is 0 Å². The molecule has 1 aromatic carbocycles. The summed E-state index contributed by atoms with van der Waals surface area (Å²) in [5, 5.41) is 11.1. The molecular formula is C19H26O2. The van der Waals surface area contributed by atoms with Crippen LogP contribution >= 0.6 is 0 Å². The first-order valence-electron chi connectivity index (χ1n) is 8.34. The maximum absolute atomic E-state index is 11.1. The summed E-state index contributed by atoms with van der Waals surface area (Å²) in [7, 11) is 1.69. The Labute approximate surface area is 127 Å². The van der Waals surface area contributed by atoms with Gasteiger partial charge in [0.15, 0.2) is 0 Å². The molecule has 4 saturated carbocycles. The van der Waals surface area contributed by atoms with Crippen molar-refractivity contribution in [3.63, 3.8) is 0 Å². The Morgan fingerprint density at radius 1 is 1.10 bits per heavy atom. The standard InChI is InChI=1S/C19H26O2/c1-18-8-13-7-14(9-18)11-19(10-13,12-18)17(20)15-3-5-16(21-2)6-4-15/h3-6,13-14,17,20H,7-12H2,1-2H3. The maximum Gasteiger partial charge on any atom is 0.118 e. The molecule has 4 aliphatic rings. The topological polar surface area (TPSA) is 29.5 Å². The summed E-state index contributed by atoms with van der Waals surface area (Å²) in [6.45, 7) is 2.46. The van der Waals surface area contributed by atoms with Crippen LogP contribution in [0.2, 0.25) is 0 Å². The molecule has 4 bridgehead atoms. The lowest BCUT2D eigenvalue weighted by atomic mass is 9.43. The van der Waals surface area contributed by atoms with Gasteiger partial charge in [0.25, 0.3) is 0 Å². The number of hydrogen-bond donors (Lipinski definition) is 1. The first-order valence-corrected chi connectivity index (χ1v) is 8.34. The first-order chi connectivity index (χ1) is 10.0. The van der Waals surface area contributed by atoms with Gasteiger partial charge in [0.05, 0.1) is 13.2 Å². The second kappa shape index (κ2) is 4.49. The summed E-state index contributed by atoms with van der Waals surface area (Å²) in [5.41, 5.74) is 1.69. The molecule has 0 radical (unpaired) electrons. The largest absolute Gasteiger partial charge is 0.497 e. The van der Waals surface area contributed by atoms with E-state index in [4.69, 9.17) is 4.74 Å². The van der Waals surface area contributed by atoms with Gasteiger partial charge in [0.1, 0.15) is 5.75 Å². The fraction of sp³-hybridized carbons (Fsp3) is 0.684. The third kappa shape index (κ3) is 2.11. The maximum atomic E-state index is 11.1. The van der Waals surface area contributed by atoms with Crippen LogP contribution in [0.25, 0.3) is 0 Å². The normalized spacial score (nSPS) is 42.0. The van der Waals surface area contributed by atoms with Crippen molar-refractivity contribution in [2.24, 2.45) is 22.7 Å². The lowest BCUT2D eigenvalue weighted by Gasteiger charge is -2.62. The number of ether oxygens (including phenoxy) is 1. The highest BCUT2D eigenvalue weighted by molar-refractivity contribution is 5.30. The molecule has 2 heteroatoms. The Morgan fingerprint density at radius 2 is 1.71 bits per heavy atom. The molecule has 0 spiro atoms. The Morgan fingerprint density at radius 3 is 2.24 bits per heavy atom. The highest BCUT2D eigenvalue weighted by Gasteiger charge is 2.58. The van der Waals surface area contributed by atoms with E-state index < -0.39 is 0 Å². The summed E-state index contributed by atoms with van der Waals surface area (Å²) < 4.78 is 5.23. The number of benzene rings is 1. The van der Waals surface area contributed by atoms with E-state index >= 15 is 0 Å². The van der Waals surface area contributed by atoms with Gasteiger partial charge in [0.2, 0.25) is 0 Å². The molecular weight excluding hydrogens is 260 g/mol. The molecule has 2 nitrogen and oxygen atoms in total. The second-order valence-corrected chi connectivity index (χ2v) is 8.31. The van der Waals surface area contributed by atoms with Crippen molar-refractivity contribution < 1.29 is 9.84 Å². The fourth-order valence-corrected chi connectivity index (χ4v) is 6.26. The smallest absolute Gasteiger partial charge is 0.118 e. The average Bonchev–Trinajstić information content (AvgIpc) is 2.44. The Kier molecular flexibility index (Phi) is 2.91. The van der Waals surface area contributed by atoms with E-state index in [9.17, 15) is 5.11 Å². The van der Waals surface area contributed by atoms with Gasteiger partial charge >= 0.3 is 0 Å². The lowest BCUT2D eigenvalue weighted by Crippen LogP contribution is -2.53. The van der Waals surface area contributed by atoms with Crippen molar-refractivity contribution in [1.29, 1.82) is 0 Å². The number of aliphatic hydroxyl groups excluding tert-OH is 1. The quantitative estimate of drug-likeness (QED) is 0.896. The van der Waals surface area contributed by atoms with Gasteiger partial charge in [-0.25, -0.2) is 0 Å². The molecule has 1 aromatic rings. The molecule has 0 saturated heterocycles. The summed E-state index contributed by atoms with van der Waals surface area (Å²) in [4.78, 5) is 0. The zero-order valence-corrected chi connectivity index (χ0v) is 13.1. The predicted molar refractivity (Wildman–Crippen MR) is 83.2 cm³/mol. The van der Waals surface area contributed by atoms with E-state index in [1.807, 2.05) is 24.3 Å². The summed E-state index contributed by atoms with van der Waals surface area (Å²) in [6.07, 6.45) is 7.54.